The van der Waals surface area contributed by atoms with Crippen molar-refractivity contribution in [3.05, 3.63) is 99.5 Å². The fraction of sp³-hybridized carbons (Fsp3) is 0.174. The zero-order valence-corrected chi connectivity index (χ0v) is 17.0. The Hall–Kier alpha value is -3.88. The van der Waals surface area contributed by atoms with Crippen molar-refractivity contribution in [2.75, 3.05) is 11.9 Å². The van der Waals surface area contributed by atoms with Gasteiger partial charge in [0.2, 0.25) is 0 Å². The van der Waals surface area contributed by atoms with Crippen molar-refractivity contribution >= 4 is 17.6 Å². The zero-order chi connectivity index (χ0) is 23.3. The van der Waals surface area contributed by atoms with Crippen molar-refractivity contribution in [3.8, 4) is 0 Å². The predicted molar refractivity (Wildman–Crippen MR) is 112 cm³/mol. The molecule has 1 amide bonds. The maximum Gasteiger partial charge on any atom is 0.416 e. The molecule has 6 nitrogen and oxygen atoms in total. The highest BCUT2D eigenvalue weighted by atomic mass is 19.4. The van der Waals surface area contributed by atoms with Crippen LogP contribution in [-0.4, -0.2) is 23.1 Å². The Balaban J connectivity index is 1.74. The number of halogens is 3. The Morgan fingerprint density at radius 2 is 1.66 bits per heavy atom. The van der Waals surface area contributed by atoms with E-state index in [-0.39, 0.29) is 18.7 Å². The molecule has 0 saturated carbocycles. The van der Waals surface area contributed by atoms with Crippen molar-refractivity contribution in [1.82, 2.24) is 4.57 Å². The quantitative estimate of drug-likeness (QED) is 0.574. The van der Waals surface area contributed by atoms with Gasteiger partial charge in [0.15, 0.2) is 0 Å². The third kappa shape index (κ3) is 5.42. The van der Waals surface area contributed by atoms with E-state index in [1.807, 2.05) is 0 Å². The topological polar surface area (TPSA) is 77.4 Å². The normalized spacial score (nSPS) is 11.1. The Kier molecular flexibility index (Phi) is 6.77. The molecule has 3 rings (SSSR count). The van der Waals surface area contributed by atoms with Gasteiger partial charge >= 0.3 is 12.1 Å². The fourth-order valence-electron chi connectivity index (χ4n) is 2.93. The van der Waals surface area contributed by atoms with E-state index in [0.29, 0.717) is 16.8 Å². The number of pyridine rings is 1. The highest BCUT2D eigenvalue weighted by molar-refractivity contribution is 6.04. The van der Waals surface area contributed by atoms with E-state index in [2.05, 4.69) is 5.32 Å². The summed E-state index contributed by atoms with van der Waals surface area (Å²) < 4.78 is 44.2. The molecule has 1 heterocycles. The van der Waals surface area contributed by atoms with E-state index in [1.165, 1.54) is 59.3 Å². The van der Waals surface area contributed by atoms with Gasteiger partial charge < -0.3 is 14.6 Å². The van der Waals surface area contributed by atoms with Crippen molar-refractivity contribution in [2.24, 2.45) is 0 Å². The van der Waals surface area contributed by atoms with Crippen LogP contribution in [0.1, 0.15) is 38.8 Å². The van der Waals surface area contributed by atoms with Gasteiger partial charge in [-0.05, 0) is 61.0 Å². The number of amides is 1. The number of anilines is 1. The summed E-state index contributed by atoms with van der Waals surface area (Å²) in [6, 6.07) is 13.3. The molecule has 0 saturated heterocycles. The number of rotatable bonds is 6. The highest BCUT2D eigenvalue weighted by Gasteiger charge is 2.29. The maximum atomic E-state index is 12.7. The second-order valence-electron chi connectivity index (χ2n) is 6.80. The average Bonchev–Trinajstić information content (AvgIpc) is 2.75. The molecule has 0 aliphatic carbocycles. The monoisotopic (exact) mass is 444 g/mol. The Bertz CT molecular complexity index is 1170. The summed E-state index contributed by atoms with van der Waals surface area (Å²) in [7, 11) is 0. The minimum Gasteiger partial charge on any atom is -0.462 e. The van der Waals surface area contributed by atoms with Crippen molar-refractivity contribution in [1.29, 1.82) is 0 Å². The third-order valence-electron chi connectivity index (χ3n) is 4.55. The summed E-state index contributed by atoms with van der Waals surface area (Å²) >= 11 is 0. The number of benzene rings is 2. The molecule has 1 aromatic heterocycles. The molecule has 0 bridgehead atoms. The first-order valence-electron chi connectivity index (χ1n) is 9.63. The molecular weight excluding hydrogens is 425 g/mol. The van der Waals surface area contributed by atoms with Crippen LogP contribution < -0.4 is 10.9 Å². The van der Waals surface area contributed by atoms with E-state index in [9.17, 15) is 27.6 Å². The standard InChI is InChI=1S/C23H19F3N2O4/c1-2-32-22(31)16-7-11-18(12-8-16)27-20(29)19-4-3-13-28(21(19)30)14-15-5-9-17(10-6-15)23(24,25)26/h3-13H,2,14H2,1H3,(H,27,29). The molecule has 0 unspecified atom stereocenters. The Labute approximate surface area is 181 Å². The third-order valence-corrected chi connectivity index (χ3v) is 4.55. The van der Waals surface area contributed by atoms with Crippen LogP contribution in [0, 0.1) is 0 Å². The fourth-order valence-corrected chi connectivity index (χ4v) is 2.93. The summed E-state index contributed by atoms with van der Waals surface area (Å²) in [5, 5.41) is 2.58. The zero-order valence-electron chi connectivity index (χ0n) is 17.0. The van der Waals surface area contributed by atoms with E-state index in [4.69, 9.17) is 4.74 Å². The average molecular weight is 444 g/mol. The van der Waals surface area contributed by atoms with Crippen LogP contribution in [0.2, 0.25) is 0 Å². The van der Waals surface area contributed by atoms with E-state index < -0.39 is 29.2 Å². The van der Waals surface area contributed by atoms with Gasteiger partial charge in [0.1, 0.15) is 5.56 Å². The number of hydrogen-bond acceptors (Lipinski definition) is 4. The van der Waals surface area contributed by atoms with Gasteiger partial charge in [0, 0.05) is 11.9 Å². The van der Waals surface area contributed by atoms with E-state index in [1.54, 1.807) is 6.92 Å². The summed E-state index contributed by atoms with van der Waals surface area (Å²) in [6.45, 7) is 1.94. The first-order chi connectivity index (χ1) is 15.2. The van der Waals surface area contributed by atoms with Crippen molar-refractivity contribution < 1.29 is 27.5 Å². The van der Waals surface area contributed by atoms with Crippen molar-refractivity contribution in [2.45, 2.75) is 19.6 Å². The molecule has 0 aliphatic rings. The van der Waals surface area contributed by atoms with Crippen LogP contribution in [0.25, 0.3) is 0 Å². The largest absolute Gasteiger partial charge is 0.462 e. The lowest BCUT2D eigenvalue weighted by atomic mass is 10.1. The summed E-state index contributed by atoms with van der Waals surface area (Å²) in [5.74, 6) is -1.14. The molecule has 9 heteroatoms. The number of nitrogens with zero attached hydrogens (tertiary/aromatic N) is 1. The second kappa shape index (κ2) is 9.51. The van der Waals surface area contributed by atoms with Gasteiger partial charge in [-0.1, -0.05) is 12.1 Å². The number of esters is 1. The summed E-state index contributed by atoms with van der Waals surface area (Å²) in [6.07, 6.45) is -2.99. The molecule has 0 radical (unpaired) electrons. The molecule has 1 N–H and O–H groups in total. The SMILES string of the molecule is CCOC(=O)c1ccc(NC(=O)c2cccn(Cc3ccc(C(F)(F)F)cc3)c2=O)cc1. The van der Waals surface area contributed by atoms with Gasteiger partial charge in [-0.3, -0.25) is 9.59 Å². The number of aromatic nitrogens is 1. The number of hydrogen-bond donors (Lipinski definition) is 1. The van der Waals surface area contributed by atoms with Crippen LogP contribution in [0.15, 0.2) is 71.7 Å². The molecule has 0 aliphatic heterocycles. The van der Waals surface area contributed by atoms with Crippen molar-refractivity contribution in [3.63, 3.8) is 0 Å². The number of ether oxygens (including phenoxy) is 1. The van der Waals surface area contributed by atoms with Gasteiger partial charge in [0.25, 0.3) is 11.5 Å². The first kappa shape index (κ1) is 22.8. The minimum absolute atomic E-state index is 0.00628. The lowest BCUT2D eigenvalue weighted by Crippen LogP contribution is -2.29. The molecule has 166 valence electrons. The van der Waals surface area contributed by atoms with E-state index >= 15 is 0 Å². The smallest absolute Gasteiger partial charge is 0.416 e. The molecule has 2 aromatic carbocycles. The minimum atomic E-state index is -4.44. The van der Waals surface area contributed by atoms with Gasteiger partial charge in [-0.15, -0.1) is 0 Å². The number of alkyl halides is 3. The Morgan fingerprint density at radius 3 is 2.25 bits per heavy atom. The number of nitrogens with one attached hydrogen (secondary N) is 1. The molecule has 3 aromatic rings. The highest BCUT2D eigenvalue weighted by Crippen LogP contribution is 2.29. The van der Waals surface area contributed by atoms with Crippen LogP contribution >= 0.6 is 0 Å². The van der Waals surface area contributed by atoms with Gasteiger partial charge in [-0.25, -0.2) is 4.79 Å². The maximum absolute atomic E-state index is 12.7. The lowest BCUT2D eigenvalue weighted by Gasteiger charge is -2.11. The second-order valence-corrected chi connectivity index (χ2v) is 6.80. The lowest BCUT2D eigenvalue weighted by molar-refractivity contribution is -0.137. The number of carbonyl (C=O) groups is 2. The molecule has 32 heavy (non-hydrogen) atoms. The van der Waals surface area contributed by atoms with Gasteiger partial charge in [-0.2, -0.15) is 13.2 Å². The molecule has 0 fully saturated rings. The number of carbonyl (C=O) groups excluding carboxylic acids is 2. The van der Waals surface area contributed by atoms with Crippen LogP contribution in [0.5, 0.6) is 0 Å². The summed E-state index contributed by atoms with van der Waals surface area (Å²) in [4.78, 5) is 37.0. The van der Waals surface area contributed by atoms with Crippen LogP contribution in [-0.2, 0) is 17.5 Å². The van der Waals surface area contributed by atoms with E-state index in [0.717, 1.165) is 12.1 Å². The molecule has 0 spiro atoms. The first-order valence-corrected chi connectivity index (χ1v) is 9.63. The summed E-state index contributed by atoms with van der Waals surface area (Å²) in [5.41, 5.74) is -0.325. The van der Waals surface area contributed by atoms with Crippen LogP contribution in [0.4, 0.5) is 18.9 Å². The Morgan fingerprint density at radius 1 is 1.00 bits per heavy atom. The van der Waals surface area contributed by atoms with Crippen LogP contribution in [0.3, 0.4) is 0 Å². The molecular formula is C23H19F3N2O4. The molecule has 0 atom stereocenters. The van der Waals surface area contributed by atoms with Gasteiger partial charge in [0.05, 0.1) is 24.3 Å². The predicted octanol–water partition coefficient (Wildman–Crippen LogP) is 4.34.